The number of aromatic nitrogens is 1. The number of nitrogens with one attached hydrogen (secondary N) is 1. The number of hydrogen-bond donors (Lipinski definition) is 1. The van der Waals surface area contributed by atoms with E-state index in [1.54, 1.807) is 18.2 Å². The van der Waals surface area contributed by atoms with Gasteiger partial charge < -0.3 is 4.98 Å². The molecule has 3 nitrogen and oxygen atoms in total. The first-order valence-corrected chi connectivity index (χ1v) is 9.62. The monoisotopic (exact) mass is 337 g/mol. The van der Waals surface area contributed by atoms with Crippen LogP contribution in [0.4, 0.5) is 0 Å². The molecule has 0 saturated carbocycles. The molecule has 3 heteroatoms. The smallest absolute Gasteiger partial charge is 0.210 e. The molecule has 1 aliphatic rings. The first kappa shape index (κ1) is 17.7. The van der Waals surface area contributed by atoms with Crippen molar-refractivity contribution >= 4 is 11.6 Å². The van der Waals surface area contributed by atoms with Crippen LogP contribution in [0.5, 0.6) is 0 Å². The van der Waals surface area contributed by atoms with Gasteiger partial charge in [-0.25, -0.2) is 0 Å². The molecule has 0 aliphatic heterocycles. The highest BCUT2D eigenvalue weighted by atomic mass is 16.1. The predicted molar refractivity (Wildman–Crippen MR) is 100 cm³/mol. The van der Waals surface area contributed by atoms with Gasteiger partial charge in [-0.2, -0.15) is 0 Å². The summed E-state index contributed by atoms with van der Waals surface area (Å²) in [6.45, 7) is 2.24. The molecular formula is C22H27NO2. The molecule has 1 aromatic heterocycles. The lowest BCUT2D eigenvalue weighted by Gasteiger charge is -2.13. The van der Waals surface area contributed by atoms with Crippen molar-refractivity contribution < 1.29 is 9.59 Å². The van der Waals surface area contributed by atoms with E-state index in [2.05, 4.69) is 11.9 Å². The molecule has 3 rings (SSSR count). The van der Waals surface area contributed by atoms with Gasteiger partial charge in [-0.15, -0.1) is 0 Å². The van der Waals surface area contributed by atoms with Crippen LogP contribution in [0.3, 0.4) is 0 Å². The van der Waals surface area contributed by atoms with E-state index < -0.39 is 0 Å². The Morgan fingerprint density at radius 3 is 2.04 bits per heavy atom. The number of aromatic amines is 1. The molecule has 0 saturated heterocycles. The van der Waals surface area contributed by atoms with Gasteiger partial charge in [0.15, 0.2) is 5.78 Å². The summed E-state index contributed by atoms with van der Waals surface area (Å²) in [5, 5.41) is 0. The van der Waals surface area contributed by atoms with Gasteiger partial charge in [0.25, 0.3) is 0 Å². The van der Waals surface area contributed by atoms with Crippen molar-refractivity contribution in [3.05, 3.63) is 58.4 Å². The third kappa shape index (κ3) is 3.92. The van der Waals surface area contributed by atoms with E-state index in [-0.39, 0.29) is 11.6 Å². The number of benzene rings is 1. The van der Waals surface area contributed by atoms with Crippen LogP contribution in [0.1, 0.15) is 96.0 Å². The summed E-state index contributed by atoms with van der Waals surface area (Å²) in [7, 11) is 0. The van der Waals surface area contributed by atoms with Crippen LogP contribution in [0, 0.1) is 0 Å². The summed E-state index contributed by atoms with van der Waals surface area (Å²) >= 11 is 0. The van der Waals surface area contributed by atoms with E-state index in [0.29, 0.717) is 22.4 Å². The number of ketones is 2. The molecule has 1 aromatic carbocycles. The highest BCUT2D eigenvalue weighted by Gasteiger charge is 2.31. The minimum absolute atomic E-state index is 0.0383. The lowest BCUT2D eigenvalue weighted by molar-refractivity contribution is 0.0977. The van der Waals surface area contributed by atoms with Gasteiger partial charge in [0.2, 0.25) is 5.78 Å². The van der Waals surface area contributed by atoms with E-state index in [0.717, 1.165) is 18.5 Å². The van der Waals surface area contributed by atoms with Crippen LogP contribution in [0.25, 0.3) is 0 Å². The van der Waals surface area contributed by atoms with Crippen LogP contribution in [0.15, 0.2) is 30.3 Å². The summed E-state index contributed by atoms with van der Waals surface area (Å²) in [4.78, 5) is 28.4. The molecule has 2 aromatic rings. The summed E-state index contributed by atoms with van der Waals surface area (Å²) < 4.78 is 0. The Labute approximate surface area is 149 Å². The molecule has 25 heavy (non-hydrogen) atoms. The van der Waals surface area contributed by atoms with E-state index in [1.807, 2.05) is 12.1 Å². The summed E-state index contributed by atoms with van der Waals surface area (Å²) in [6.07, 6.45) is 11.1. The summed E-state index contributed by atoms with van der Waals surface area (Å²) in [5.74, 6) is -0.101. The average Bonchev–Trinajstić information content (AvgIpc) is 3.07. The van der Waals surface area contributed by atoms with E-state index in [9.17, 15) is 9.59 Å². The Morgan fingerprint density at radius 1 is 0.760 bits per heavy atom. The van der Waals surface area contributed by atoms with Crippen molar-refractivity contribution in [2.45, 2.75) is 64.7 Å². The molecule has 0 atom stereocenters. The van der Waals surface area contributed by atoms with E-state index >= 15 is 0 Å². The number of rotatable bonds is 9. The van der Waals surface area contributed by atoms with Gasteiger partial charge in [-0.1, -0.05) is 76.1 Å². The molecule has 0 unspecified atom stereocenters. The fraction of sp³-hybridized carbons (Fsp3) is 0.455. The van der Waals surface area contributed by atoms with Crippen molar-refractivity contribution in [2.24, 2.45) is 0 Å². The maximum Gasteiger partial charge on any atom is 0.210 e. The number of carbonyl (C=O) groups is 2. The van der Waals surface area contributed by atoms with Crippen LogP contribution in [0.2, 0.25) is 0 Å². The maximum absolute atomic E-state index is 12.6. The number of hydrogen-bond acceptors (Lipinski definition) is 2. The third-order valence-corrected chi connectivity index (χ3v) is 5.06. The largest absolute Gasteiger partial charge is 0.355 e. The molecular weight excluding hydrogens is 310 g/mol. The number of H-pyrrole nitrogens is 1. The zero-order chi connectivity index (χ0) is 17.6. The highest BCUT2D eigenvalue weighted by Crippen LogP contribution is 2.28. The Balaban J connectivity index is 1.55. The molecule has 1 N–H and O–H groups in total. The SMILES string of the molecule is CCCCCCCCCCc1cc2c([nH]1)C(=O)c1ccccc1C2=O. The van der Waals surface area contributed by atoms with Crippen LogP contribution >= 0.6 is 0 Å². The third-order valence-electron chi connectivity index (χ3n) is 5.06. The standard InChI is InChI=1S/C22H27NO2/c1-2-3-4-5-6-7-8-9-12-16-15-19-20(23-16)22(25)18-14-11-10-13-17(18)21(19)24/h10-11,13-15,23H,2-9,12H2,1H3. The van der Waals surface area contributed by atoms with Crippen LogP contribution in [-0.2, 0) is 6.42 Å². The van der Waals surface area contributed by atoms with Gasteiger partial charge in [0.1, 0.15) is 0 Å². The molecule has 132 valence electrons. The maximum atomic E-state index is 12.6. The molecule has 1 heterocycles. The summed E-state index contributed by atoms with van der Waals surface area (Å²) in [5.41, 5.74) is 3.06. The number of fused-ring (bicyclic) bond motifs is 2. The van der Waals surface area contributed by atoms with Crippen molar-refractivity contribution in [3.63, 3.8) is 0 Å². The van der Waals surface area contributed by atoms with Gasteiger partial charge in [0.05, 0.1) is 11.3 Å². The lowest BCUT2D eigenvalue weighted by Crippen LogP contribution is -2.19. The second-order valence-electron chi connectivity index (χ2n) is 7.01. The van der Waals surface area contributed by atoms with Crippen molar-refractivity contribution in [2.75, 3.05) is 0 Å². The molecule has 0 spiro atoms. The Hall–Kier alpha value is -2.16. The van der Waals surface area contributed by atoms with Gasteiger partial charge in [0, 0.05) is 16.8 Å². The first-order chi connectivity index (χ1) is 12.2. The minimum Gasteiger partial charge on any atom is -0.355 e. The second-order valence-corrected chi connectivity index (χ2v) is 7.01. The van der Waals surface area contributed by atoms with Gasteiger partial charge >= 0.3 is 0 Å². The Morgan fingerprint density at radius 2 is 1.36 bits per heavy atom. The lowest BCUT2D eigenvalue weighted by atomic mass is 9.88. The molecule has 0 amide bonds. The first-order valence-electron chi connectivity index (χ1n) is 9.62. The fourth-order valence-electron chi connectivity index (χ4n) is 3.61. The minimum atomic E-state index is -0.0626. The number of aryl methyl sites for hydroxylation is 1. The zero-order valence-electron chi connectivity index (χ0n) is 15.1. The molecule has 0 fully saturated rings. The second kappa shape index (κ2) is 8.28. The molecule has 0 radical (unpaired) electrons. The van der Waals surface area contributed by atoms with Crippen molar-refractivity contribution in [1.82, 2.24) is 4.98 Å². The van der Waals surface area contributed by atoms with E-state index in [4.69, 9.17) is 0 Å². The Kier molecular flexibility index (Phi) is 5.85. The predicted octanol–water partition coefficient (Wildman–Crippen LogP) is 5.47. The fourth-order valence-corrected chi connectivity index (χ4v) is 3.61. The van der Waals surface area contributed by atoms with Crippen molar-refractivity contribution in [3.8, 4) is 0 Å². The molecule has 0 bridgehead atoms. The van der Waals surface area contributed by atoms with Crippen LogP contribution < -0.4 is 0 Å². The van der Waals surface area contributed by atoms with Gasteiger partial charge in [-0.3, -0.25) is 9.59 Å². The number of unbranched alkanes of at least 4 members (excludes halogenated alkanes) is 7. The summed E-state index contributed by atoms with van der Waals surface area (Å²) in [6, 6.07) is 8.97. The zero-order valence-corrected chi connectivity index (χ0v) is 15.1. The normalized spacial score (nSPS) is 13.0. The topological polar surface area (TPSA) is 49.9 Å². The highest BCUT2D eigenvalue weighted by molar-refractivity contribution is 6.27. The Bertz CT molecular complexity index is 705. The number of carbonyl (C=O) groups excluding carboxylic acids is 2. The van der Waals surface area contributed by atoms with Crippen LogP contribution in [-0.4, -0.2) is 16.6 Å². The quantitative estimate of drug-likeness (QED) is 0.526. The average molecular weight is 337 g/mol. The van der Waals surface area contributed by atoms with E-state index in [1.165, 1.54) is 44.9 Å². The van der Waals surface area contributed by atoms with Crippen molar-refractivity contribution in [1.29, 1.82) is 0 Å². The van der Waals surface area contributed by atoms with Gasteiger partial charge in [-0.05, 0) is 18.9 Å². The molecule has 1 aliphatic carbocycles.